The first-order valence-electron chi connectivity index (χ1n) is 11.7. The maximum absolute atomic E-state index is 9.94. The van der Waals surface area contributed by atoms with Crippen molar-refractivity contribution in [1.29, 1.82) is 0 Å². The number of hydrogen-bond donors (Lipinski definition) is 1. The molecule has 0 fully saturated rings. The van der Waals surface area contributed by atoms with Crippen molar-refractivity contribution in [3.05, 3.63) is 23.4 Å². The Hall–Kier alpha value is 0.126. The molecular weight excluding hydrogens is 465 g/mol. The molecule has 0 unspecified atom stereocenters. The van der Waals surface area contributed by atoms with Crippen LogP contribution in [0.1, 0.15) is 91.3 Å². The Kier molecular flexibility index (Phi) is 11.9. The van der Waals surface area contributed by atoms with Crippen molar-refractivity contribution in [2.24, 2.45) is 0 Å². The van der Waals surface area contributed by atoms with Crippen molar-refractivity contribution in [3.63, 3.8) is 0 Å². The number of nitrogens with zero attached hydrogens (tertiary/aromatic N) is 1. The van der Waals surface area contributed by atoms with Gasteiger partial charge >= 0.3 is 182 Å². The van der Waals surface area contributed by atoms with Gasteiger partial charge in [-0.1, -0.05) is 0 Å². The SMILES string of the molecule is CCC[CH2][Sn]([CH2]CCC)([CH2]CCC)[c]1ccc(CO)c(C[Si](C)C(C)(C)C)n1. The Labute approximate surface area is 181 Å². The van der Waals surface area contributed by atoms with Crippen molar-refractivity contribution in [2.45, 2.75) is 118 Å². The number of aliphatic hydroxyl groups is 1. The fourth-order valence-electron chi connectivity index (χ4n) is 3.94. The summed E-state index contributed by atoms with van der Waals surface area (Å²) in [5.74, 6) is 0. The van der Waals surface area contributed by atoms with E-state index in [9.17, 15) is 5.11 Å². The van der Waals surface area contributed by atoms with Crippen LogP contribution in [-0.2, 0) is 12.7 Å². The number of aromatic nitrogens is 1. The molecule has 1 rings (SSSR count). The molecule has 0 aliphatic carbocycles. The molecule has 0 atom stereocenters. The predicted molar refractivity (Wildman–Crippen MR) is 130 cm³/mol. The van der Waals surface area contributed by atoms with E-state index in [0.29, 0.717) is 5.04 Å². The van der Waals surface area contributed by atoms with Gasteiger partial charge in [-0.3, -0.25) is 0 Å². The molecule has 2 nitrogen and oxygen atoms in total. The molecule has 0 aliphatic heterocycles. The second-order valence-corrected chi connectivity index (χ2v) is 26.2. The first-order valence-corrected chi connectivity index (χ1v) is 21.4. The van der Waals surface area contributed by atoms with E-state index in [4.69, 9.17) is 4.98 Å². The third-order valence-corrected chi connectivity index (χ3v) is 25.1. The van der Waals surface area contributed by atoms with E-state index in [1.165, 1.54) is 61.2 Å². The fourth-order valence-corrected chi connectivity index (χ4v) is 20.7. The second-order valence-electron chi connectivity index (χ2n) is 9.76. The van der Waals surface area contributed by atoms with Gasteiger partial charge in [0.2, 0.25) is 0 Å². The molecule has 4 heteroatoms. The average Bonchev–Trinajstić information content (AvgIpc) is 2.67. The van der Waals surface area contributed by atoms with Gasteiger partial charge in [0.25, 0.3) is 0 Å². The van der Waals surface area contributed by atoms with Crippen LogP contribution in [0.5, 0.6) is 0 Å². The number of pyridine rings is 1. The van der Waals surface area contributed by atoms with Crippen molar-refractivity contribution < 1.29 is 5.11 Å². The summed E-state index contributed by atoms with van der Waals surface area (Å²) in [6.07, 6.45) is 7.99. The summed E-state index contributed by atoms with van der Waals surface area (Å²) < 4.78 is 5.89. The number of hydrogen-bond acceptors (Lipinski definition) is 2. The summed E-state index contributed by atoms with van der Waals surface area (Å²) >= 11 is -2.50. The molecule has 28 heavy (non-hydrogen) atoms. The zero-order valence-corrected chi connectivity index (χ0v) is 23.7. The van der Waals surface area contributed by atoms with Gasteiger partial charge in [0.15, 0.2) is 0 Å². The van der Waals surface area contributed by atoms with Gasteiger partial charge in [-0.25, -0.2) is 0 Å². The van der Waals surface area contributed by atoms with Crippen LogP contribution in [0, 0.1) is 0 Å². The second kappa shape index (κ2) is 12.7. The molecule has 1 heterocycles. The van der Waals surface area contributed by atoms with Gasteiger partial charge in [0, 0.05) is 0 Å². The Morgan fingerprint density at radius 2 is 1.43 bits per heavy atom. The minimum absolute atomic E-state index is 0.128. The summed E-state index contributed by atoms with van der Waals surface area (Å²) in [6, 6.07) is 5.64. The molecule has 0 bridgehead atoms. The van der Waals surface area contributed by atoms with Crippen LogP contribution in [-0.4, -0.2) is 37.3 Å². The Bertz CT molecular complexity index is 548. The van der Waals surface area contributed by atoms with E-state index in [1.54, 1.807) is 0 Å². The summed E-state index contributed by atoms with van der Waals surface area (Å²) in [5.41, 5.74) is 2.29. The van der Waals surface area contributed by atoms with Crippen LogP contribution < -0.4 is 3.71 Å². The average molecular weight is 511 g/mol. The molecule has 1 aromatic heterocycles. The molecule has 0 saturated carbocycles. The van der Waals surface area contributed by atoms with Crippen LogP contribution >= 0.6 is 0 Å². The van der Waals surface area contributed by atoms with Gasteiger partial charge < -0.3 is 0 Å². The molecule has 0 aliphatic rings. The number of rotatable bonds is 13. The van der Waals surface area contributed by atoms with Crippen molar-refractivity contribution >= 4 is 30.9 Å². The van der Waals surface area contributed by atoms with Crippen LogP contribution in [0.15, 0.2) is 12.1 Å². The van der Waals surface area contributed by atoms with Gasteiger partial charge in [-0.05, 0) is 0 Å². The van der Waals surface area contributed by atoms with Crippen molar-refractivity contribution in [3.8, 4) is 0 Å². The van der Waals surface area contributed by atoms with Crippen LogP contribution in [0.4, 0.5) is 0 Å². The van der Waals surface area contributed by atoms with E-state index in [2.05, 4.69) is 60.2 Å². The summed E-state index contributed by atoms with van der Waals surface area (Å²) in [6.45, 7) is 16.6. The number of aliphatic hydroxyl groups excluding tert-OH is 1. The van der Waals surface area contributed by atoms with Gasteiger partial charge in [0.05, 0.1) is 0 Å². The zero-order chi connectivity index (χ0) is 21.2. The van der Waals surface area contributed by atoms with Crippen molar-refractivity contribution in [1.82, 2.24) is 4.98 Å². The van der Waals surface area contributed by atoms with E-state index >= 15 is 0 Å². The number of unbranched alkanes of at least 4 members (excludes halogenated alkanes) is 3. The maximum atomic E-state index is 9.94. The molecule has 1 N–H and O–H groups in total. The summed E-state index contributed by atoms with van der Waals surface area (Å²) in [5, 5.41) is 10.3. The fraction of sp³-hybridized carbons (Fsp3) is 0.792. The molecule has 0 saturated heterocycles. The summed E-state index contributed by atoms with van der Waals surface area (Å²) in [7, 11) is -0.551. The van der Waals surface area contributed by atoms with Crippen molar-refractivity contribution in [2.75, 3.05) is 0 Å². The van der Waals surface area contributed by atoms with E-state index < -0.39 is 27.2 Å². The first kappa shape index (κ1) is 26.2. The third kappa shape index (κ3) is 7.75. The summed E-state index contributed by atoms with van der Waals surface area (Å²) in [4.78, 5) is 5.39. The molecule has 0 spiro atoms. The van der Waals surface area contributed by atoms with Crippen LogP contribution in [0.3, 0.4) is 0 Å². The molecular formula is C24H46NOSiSn. The molecule has 1 radical (unpaired) electrons. The molecule has 0 amide bonds. The van der Waals surface area contributed by atoms with Crippen LogP contribution in [0.25, 0.3) is 0 Å². The monoisotopic (exact) mass is 512 g/mol. The predicted octanol–water partition coefficient (Wildman–Crippen LogP) is 6.64. The normalized spacial score (nSPS) is 12.8. The quantitative estimate of drug-likeness (QED) is 0.302. The Morgan fingerprint density at radius 3 is 1.82 bits per heavy atom. The Morgan fingerprint density at radius 1 is 0.929 bits per heavy atom. The minimum atomic E-state index is -2.50. The van der Waals surface area contributed by atoms with E-state index in [0.717, 1.165) is 11.6 Å². The molecule has 0 aromatic carbocycles. The van der Waals surface area contributed by atoms with Crippen LogP contribution in [0.2, 0.25) is 24.9 Å². The van der Waals surface area contributed by atoms with E-state index in [-0.39, 0.29) is 6.61 Å². The van der Waals surface area contributed by atoms with E-state index in [1.807, 2.05) is 0 Å². The van der Waals surface area contributed by atoms with Gasteiger partial charge in [-0.15, -0.1) is 0 Å². The zero-order valence-electron chi connectivity index (χ0n) is 19.8. The molecule has 1 aromatic rings. The van der Waals surface area contributed by atoms with Gasteiger partial charge in [-0.2, -0.15) is 0 Å². The topological polar surface area (TPSA) is 33.1 Å². The first-order chi connectivity index (χ1) is 13.2. The standard InChI is InChI=1S/C12H19NOSi.3C4H9.Sn/c1-12(2,3)15(4)9-11-10(8-14)6-5-7-13-11;3*1-3-4-2;/h5-6,14H,8-9H2,1-4H3;3*1,3-4H2,2H3;. The third-order valence-electron chi connectivity index (χ3n) is 6.52. The molecule has 161 valence electrons. The van der Waals surface area contributed by atoms with Gasteiger partial charge in [0.1, 0.15) is 0 Å². The Balaban J connectivity index is 3.35.